The summed E-state index contributed by atoms with van der Waals surface area (Å²) in [6.45, 7) is 2.78. The van der Waals surface area contributed by atoms with Gasteiger partial charge in [-0.25, -0.2) is 4.79 Å². The number of hydrogen-bond donors (Lipinski definition) is 5. The number of nitrogens with one attached hydrogen (secondary N) is 4. The number of benzene rings is 1. The zero-order valence-corrected chi connectivity index (χ0v) is 31.8. The van der Waals surface area contributed by atoms with E-state index in [0.717, 1.165) is 32.1 Å². The maximum absolute atomic E-state index is 14.3. The highest BCUT2D eigenvalue weighted by molar-refractivity contribution is 5.94. The van der Waals surface area contributed by atoms with Crippen molar-refractivity contribution in [3.8, 4) is 0 Å². The smallest absolute Gasteiger partial charge is 0.407 e. The number of carbonyl (C=O) groups is 6. The molecule has 1 aliphatic carbocycles. The van der Waals surface area contributed by atoms with Crippen LogP contribution in [-0.4, -0.2) is 134 Å². The molecule has 0 aromatic heterocycles. The molecule has 2 heterocycles. The van der Waals surface area contributed by atoms with Gasteiger partial charge in [0.2, 0.25) is 23.6 Å². The predicted octanol–water partition coefficient (Wildman–Crippen LogP) is 1.17. The molecule has 1 aromatic carbocycles. The molecule has 16 heteroatoms. The van der Waals surface area contributed by atoms with Crippen LogP contribution in [0, 0.1) is 5.92 Å². The van der Waals surface area contributed by atoms with Crippen LogP contribution in [-0.2, 0) is 38.2 Å². The number of nitrogens with zero attached hydrogens (tertiary/aromatic N) is 2. The Hall–Kier alpha value is -4.28. The molecular weight excluding hydrogens is 700 g/mol. The minimum Gasteiger partial charge on any atom is -0.449 e. The van der Waals surface area contributed by atoms with Crippen LogP contribution >= 0.6 is 0 Å². The zero-order chi connectivity index (χ0) is 39.0. The van der Waals surface area contributed by atoms with Crippen molar-refractivity contribution in [1.82, 2.24) is 31.1 Å². The van der Waals surface area contributed by atoms with Crippen molar-refractivity contribution in [2.75, 3.05) is 53.6 Å². The molecule has 2 saturated heterocycles. The van der Waals surface area contributed by atoms with Gasteiger partial charge >= 0.3 is 6.09 Å². The number of alkyl carbamates (subject to hydrolysis) is 1. The standard InChI is InChI=1S/C38H58N6O10/c1-4-13-28(33(46)35(48)39-23-30(45)41-31(36(49)43(2)3)25-14-7-5-8-15-25)40-34(47)29-22-27-24-44(29)37(50)32(26-16-9-6-10-17-26)42-38(51)54-21-12-19-52-18-11-20-53-27/h5,7-8,14-15,26-29,31-33,46H,4,6,9-13,16-24H2,1-3H3,(H,39,48)(H,40,47)(H,41,45)(H,42,51)/t27-,28?,29+,31+,32+,33?/m1/s1. The van der Waals surface area contributed by atoms with Crippen molar-refractivity contribution in [2.24, 2.45) is 5.92 Å². The van der Waals surface area contributed by atoms with E-state index in [1.165, 1.54) is 9.80 Å². The molecule has 2 bridgehead atoms. The van der Waals surface area contributed by atoms with E-state index in [0.29, 0.717) is 44.6 Å². The predicted molar refractivity (Wildman–Crippen MR) is 197 cm³/mol. The lowest BCUT2D eigenvalue weighted by molar-refractivity contribution is -0.142. The molecule has 300 valence electrons. The molecule has 3 aliphatic rings. The molecule has 4 rings (SSSR count). The number of aliphatic hydroxyl groups excluding tert-OH is 1. The van der Waals surface area contributed by atoms with Gasteiger partial charge in [-0.2, -0.15) is 0 Å². The number of fused-ring (bicyclic) bond motifs is 2. The third kappa shape index (κ3) is 12.4. The minimum atomic E-state index is -1.73. The van der Waals surface area contributed by atoms with Crippen LogP contribution < -0.4 is 21.3 Å². The number of carbonyl (C=O) groups excluding carboxylic acids is 6. The van der Waals surface area contributed by atoms with Gasteiger partial charge in [-0.1, -0.05) is 62.9 Å². The number of ether oxygens (including phenoxy) is 3. The minimum absolute atomic E-state index is 0.120. The fraction of sp³-hybridized carbons (Fsp3) is 0.684. The summed E-state index contributed by atoms with van der Waals surface area (Å²) in [5, 5.41) is 21.8. The van der Waals surface area contributed by atoms with Crippen molar-refractivity contribution in [1.29, 1.82) is 0 Å². The summed E-state index contributed by atoms with van der Waals surface area (Å²) in [6.07, 6.45) is 3.46. The van der Waals surface area contributed by atoms with Gasteiger partial charge in [-0.05, 0) is 37.2 Å². The van der Waals surface area contributed by atoms with E-state index in [9.17, 15) is 33.9 Å². The molecule has 2 aliphatic heterocycles. The Morgan fingerprint density at radius 3 is 2.35 bits per heavy atom. The number of cyclic esters (lactones) is 1. The number of amides is 6. The fourth-order valence-electron chi connectivity index (χ4n) is 7.20. The van der Waals surface area contributed by atoms with Crippen LogP contribution in [0.15, 0.2) is 30.3 Å². The molecule has 3 fully saturated rings. The van der Waals surface area contributed by atoms with Gasteiger partial charge in [0, 0.05) is 53.3 Å². The van der Waals surface area contributed by atoms with Gasteiger partial charge in [-0.15, -0.1) is 0 Å². The van der Waals surface area contributed by atoms with Crippen molar-refractivity contribution in [2.45, 2.75) is 108 Å². The number of hydrogen-bond acceptors (Lipinski definition) is 10. The molecule has 5 N–H and O–H groups in total. The van der Waals surface area contributed by atoms with Gasteiger partial charge in [0.25, 0.3) is 5.91 Å². The first-order chi connectivity index (χ1) is 26.0. The Morgan fingerprint density at radius 1 is 0.963 bits per heavy atom. The summed E-state index contributed by atoms with van der Waals surface area (Å²) in [5.41, 5.74) is 0.563. The van der Waals surface area contributed by atoms with Crippen molar-refractivity contribution in [3.63, 3.8) is 0 Å². The average Bonchev–Trinajstić information content (AvgIpc) is 3.61. The summed E-state index contributed by atoms with van der Waals surface area (Å²) >= 11 is 0. The van der Waals surface area contributed by atoms with Crippen LogP contribution in [0.2, 0.25) is 0 Å². The SMILES string of the molecule is CCCC(NC(=O)[C@@H]1C[C@@H]2CN1C(=O)[C@H](C1CCCCC1)NC(=O)OCCCOCCCO2)C(O)C(=O)NCC(=O)N[C@H](C(=O)N(C)C)c1ccccc1. The average molecular weight is 759 g/mol. The molecule has 16 nitrogen and oxygen atoms in total. The lowest BCUT2D eigenvalue weighted by Crippen LogP contribution is -2.58. The number of aliphatic hydroxyl groups is 1. The van der Waals surface area contributed by atoms with Gasteiger partial charge in [-0.3, -0.25) is 24.0 Å². The molecule has 1 saturated carbocycles. The lowest BCUT2D eigenvalue weighted by Gasteiger charge is -2.35. The van der Waals surface area contributed by atoms with E-state index >= 15 is 0 Å². The van der Waals surface area contributed by atoms with E-state index in [1.807, 2.05) is 6.92 Å². The molecule has 6 amide bonds. The maximum Gasteiger partial charge on any atom is 0.407 e. The molecule has 0 radical (unpaired) electrons. The van der Waals surface area contributed by atoms with E-state index < -0.39 is 72.6 Å². The second-order valence-corrected chi connectivity index (χ2v) is 14.4. The summed E-state index contributed by atoms with van der Waals surface area (Å²) in [4.78, 5) is 82.9. The normalized spacial score (nSPS) is 23.6. The Bertz CT molecular complexity index is 1410. The van der Waals surface area contributed by atoms with Crippen LogP contribution in [0.25, 0.3) is 0 Å². The topological polar surface area (TPSA) is 205 Å². The van der Waals surface area contributed by atoms with Crippen molar-refractivity contribution < 1.29 is 48.1 Å². The molecule has 2 unspecified atom stereocenters. The number of likely N-dealkylation sites (N-methyl/N-ethyl adjacent to an activating group) is 1. The molecular formula is C38H58N6O10. The third-order valence-corrected chi connectivity index (χ3v) is 10.1. The zero-order valence-electron chi connectivity index (χ0n) is 31.8. The Labute approximate surface area is 317 Å². The highest BCUT2D eigenvalue weighted by Crippen LogP contribution is 2.30. The second kappa shape index (κ2) is 21.6. The summed E-state index contributed by atoms with van der Waals surface area (Å²) in [6, 6.07) is 4.75. The first-order valence-electron chi connectivity index (χ1n) is 19.2. The highest BCUT2D eigenvalue weighted by atomic mass is 16.6. The van der Waals surface area contributed by atoms with Gasteiger partial charge < -0.3 is 50.4 Å². The van der Waals surface area contributed by atoms with Crippen LogP contribution in [0.1, 0.15) is 82.7 Å². The Morgan fingerprint density at radius 2 is 1.67 bits per heavy atom. The highest BCUT2D eigenvalue weighted by Gasteiger charge is 2.45. The van der Waals surface area contributed by atoms with Crippen LogP contribution in [0.3, 0.4) is 0 Å². The molecule has 6 atom stereocenters. The largest absolute Gasteiger partial charge is 0.449 e. The third-order valence-electron chi connectivity index (χ3n) is 10.1. The van der Waals surface area contributed by atoms with Gasteiger partial charge in [0.05, 0.1) is 25.3 Å². The van der Waals surface area contributed by atoms with E-state index in [2.05, 4.69) is 21.3 Å². The van der Waals surface area contributed by atoms with Crippen LogP contribution in [0.5, 0.6) is 0 Å². The van der Waals surface area contributed by atoms with Crippen molar-refractivity contribution in [3.05, 3.63) is 35.9 Å². The van der Waals surface area contributed by atoms with Crippen LogP contribution in [0.4, 0.5) is 4.79 Å². The van der Waals surface area contributed by atoms with Gasteiger partial charge in [0.1, 0.15) is 18.1 Å². The van der Waals surface area contributed by atoms with E-state index in [1.54, 1.807) is 44.4 Å². The quantitative estimate of drug-likeness (QED) is 0.206. The number of rotatable bonds is 12. The fourth-order valence-corrected chi connectivity index (χ4v) is 7.20. The Balaban J connectivity index is 1.45. The van der Waals surface area contributed by atoms with E-state index in [4.69, 9.17) is 14.2 Å². The summed E-state index contributed by atoms with van der Waals surface area (Å²) in [5.74, 6) is -3.02. The monoisotopic (exact) mass is 758 g/mol. The first kappa shape index (κ1) is 42.5. The lowest BCUT2D eigenvalue weighted by atomic mass is 9.83. The maximum atomic E-state index is 14.3. The Kier molecular flexibility index (Phi) is 17.0. The van der Waals surface area contributed by atoms with Gasteiger partial charge in [0.15, 0.2) is 6.10 Å². The second-order valence-electron chi connectivity index (χ2n) is 14.4. The molecule has 0 spiro atoms. The van der Waals surface area contributed by atoms with Crippen molar-refractivity contribution >= 4 is 35.6 Å². The molecule has 1 aromatic rings. The summed E-state index contributed by atoms with van der Waals surface area (Å²) < 4.78 is 17.1. The first-order valence-corrected chi connectivity index (χ1v) is 19.2. The summed E-state index contributed by atoms with van der Waals surface area (Å²) in [7, 11) is 3.14. The van der Waals surface area contributed by atoms with E-state index in [-0.39, 0.29) is 37.8 Å². The molecule has 54 heavy (non-hydrogen) atoms.